The van der Waals surface area contributed by atoms with Crippen molar-refractivity contribution in [3.05, 3.63) is 42.4 Å². The normalized spacial score (nSPS) is 10.7. The first kappa shape index (κ1) is 16.5. The number of anilines is 1. The number of hydrogen-bond donors (Lipinski definition) is 2. The van der Waals surface area contributed by atoms with E-state index in [1.807, 2.05) is 6.19 Å². The van der Waals surface area contributed by atoms with Crippen LogP contribution in [0.4, 0.5) is 11.4 Å². The monoisotopic (exact) mass is 330 g/mol. The highest BCUT2D eigenvalue weighted by atomic mass is 32.2. The summed E-state index contributed by atoms with van der Waals surface area (Å²) < 4.78 is 10.3. The number of nitrogens with zero attached hydrogens (tertiary/aromatic N) is 2. The Hall–Kier alpha value is -2.92. The molecule has 1 aromatic heterocycles. The molecule has 8 heteroatoms. The van der Waals surface area contributed by atoms with Crippen molar-refractivity contribution in [2.24, 2.45) is 4.99 Å². The van der Waals surface area contributed by atoms with Gasteiger partial charge in [-0.15, -0.1) is 0 Å². The number of thioether (sulfide) groups is 1. The third-order valence-electron chi connectivity index (χ3n) is 2.76. The van der Waals surface area contributed by atoms with Gasteiger partial charge in [0.25, 0.3) is 5.91 Å². The molecule has 2 aromatic rings. The van der Waals surface area contributed by atoms with Gasteiger partial charge in [0.1, 0.15) is 5.75 Å². The van der Waals surface area contributed by atoms with Gasteiger partial charge in [-0.2, -0.15) is 5.26 Å². The Balaban J connectivity index is 2.29. The fraction of sp³-hybridized carbons (Fsp3) is 0.133. The number of aliphatic imine (C=N–C) groups is 1. The third-order valence-corrected chi connectivity index (χ3v) is 3.34. The Bertz CT molecular complexity index is 751. The second kappa shape index (κ2) is 7.91. The second-order valence-corrected chi connectivity index (χ2v) is 4.97. The van der Waals surface area contributed by atoms with Crippen LogP contribution in [0.25, 0.3) is 0 Å². The quantitative estimate of drug-likeness (QED) is 0.387. The lowest BCUT2D eigenvalue weighted by atomic mass is 10.2. The molecule has 0 aliphatic rings. The molecule has 0 unspecified atom stereocenters. The van der Waals surface area contributed by atoms with E-state index < -0.39 is 5.91 Å². The fourth-order valence-electron chi connectivity index (χ4n) is 1.74. The summed E-state index contributed by atoms with van der Waals surface area (Å²) in [5, 5.41) is 14.3. The molecule has 1 aromatic carbocycles. The van der Waals surface area contributed by atoms with E-state index in [1.54, 1.807) is 36.6 Å². The maximum absolute atomic E-state index is 12.1. The molecule has 0 spiro atoms. The number of benzene rings is 1. The molecule has 0 saturated heterocycles. The summed E-state index contributed by atoms with van der Waals surface area (Å²) in [6.45, 7) is 0. The topological polar surface area (TPSA) is 99.6 Å². The molecule has 1 amide bonds. The van der Waals surface area contributed by atoms with Gasteiger partial charge in [-0.1, -0.05) is 11.8 Å². The number of carbonyl (C=O) groups excluding carboxylic acids is 1. The molecule has 0 bridgehead atoms. The molecule has 2 rings (SSSR count). The van der Waals surface area contributed by atoms with E-state index in [0.717, 1.165) is 0 Å². The SMILES string of the molecule is COc1ccc(N=C(NC#N)SC)cc1NC(=O)c1ccco1. The standard InChI is InChI=1S/C15H14N4O3S/c1-21-12-6-5-10(18-15(23-2)17-9-16)8-11(12)19-14(20)13-4-3-7-22-13/h3-8H,1-2H3,(H,17,18)(H,19,20). The van der Waals surface area contributed by atoms with E-state index in [4.69, 9.17) is 14.4 Å². The number of nitrogens with one attached hydrogen (secondary N) is 2. The van der Waals surface area contributed by atoms with E-state index in [2.05, 4.69) is 15.6 Å². The van der Waals surface area contributed by atoms with E-state index in [0.29, 0.717) is 22.3 Å². The summed E-state index contributed by atoms with van der Waals surface area (Å²) >= 11 is 1.30. The number of rotatable bonds is 4. The Morgan fingerprint density at radius 3 is 2.87 bits per heavy atom. The molecule has 0 saturated carbocycles. The number of furan rings is 1. The van der Waals surface area contributed by atoms with Gasteiger partial charge in [-0.25, -0.2) is 4.99 Å². The number of ether oxygens (including phenoxy) is 1. The zero-order valence-corrected chi connectivity index (χ0v) is 13.3. The van der Waals surface area contributed by atoms with E-state index >= 15 is 0 Å². The van der Waals surface area contributed by atoms with Crippen molar-refractivity contribution in [1.29, 1.82) is 5.26 Å². The number of amides is 1. The summed E-state index contributed by atoms with van der Waals surface area (Å²) in [6.07, 6.45) is 5.04. The van der Waals surface area contributed by atoms with Gasteiger partial charge in [0.15, 0.2) is 17.1 Å². The minimum absolute atomic E-state index is 0.192. The number of hydrogen-bond acceptors (Lipinski definition) is 6. The van der Waals surface area contributed by atoms with Crippen molar-refractivity contribution in [3.63, 3.8) is 0 Å². The van der Waals surface area contributed by atoms with Crippen LogP contribution >= 0.6 is 11.8 Å². The highest BCUT2D eigenvalue weighted by Crippen LogP contribution is 2.30. The maximum Gasteiger partial charge on any atom is 0.291 e. The van der Waals surface area contributed by atoms with Gasteiger partial charge >= 0.3 is 0 Å². The zero-order chi connectivity index (χ0) is 16.7. The van der Waals surface area contributed by atoms with Crippen molar-refractivity contribution < 1.29 is 13.9 Å². The minimum Gasteiger partial charge on any atom is -0.495 e. The molecule has 2 N–H and O–H groups in total. The van der Waals surface area contributed by atoms with Crippen LogP contribution in [0.2, 0.25) is 0 Å². The van der Waals surface area contributed by atoms with E-state index in [-0.39, 0.29) is 5.76 Å². The van der Waals surface area contributed by atoms with Crippen molar-refractivity contribution in [2.45, 2.75) is 0 Å². The Morgan fingerprint density at radius 1 is 1.43 bits per heavy atom. The highest BCUT2D eigenvalue weighted by molar-refractivity contribution is 8.13. The highest BCUT2D eigenvalue weighted by Gasteiger charge is 2.12. The van der Waals surface area contributed by atoms with Crippen LogP contribution in [0, 0.1) is 11.5 Å². The fourth-order valence-corrected chi connectivity index (χ4v) is 2.09. The maximum atomic E-state index is 12.1. The zero-order valence-electron chi connectivity index (χ0n) is 12.5. The second-order valence-electron chi connectivity index (χ2n) is 4.17. The molecule has 0 atom stereocenters. The number of nitriles is 1. The Labute approximate surface area is 137 Å². The lowest BCUT2D eigenvalue weighted by Gasteiger charge is -2.10. The van der Waals surface area contributed by atoms with E-state index in [9.17, 15) is 4.79 Å². The lowest BCUT2D eigenvalue weighted by Crippen LogP contribution is -2.13. The Kier molecular flexibility index (Phi) is 5.66. The van der Waals surface area contributed by atoms with Crippen LogP contribution in [0.3, 0.4) is 0 Å². The van der Waals surface area contributed by atoms with Gasteiger partial charge < -0.3 is 14.5 Å². The predicted molar refractivity (Wildman–Crippen MR) is 89.0 cm³/mol. The van der Waals surface area contributed by atoms with Crippen LogP contribution in [0.1, 0.15) is 10.6 Å². The average molecular weight is 330 g/mol. The number of amidine groups is 1. The Morgan fingerprint density at radius 2 is 2.26 bits per heavy atom. The van der Waals surface area contributed by atoms with Crippen LogP contribution in [-0.4, -0.2) is 24.4 Å². The minimum atomic E-state index is -0.394. The summed E-state index contributed by atoms with van der Waals surface area (Å²) in [4.78, 5) is 16.4. The van der Waals surface area contributed by atoms with Gasteiger partial charge in [-0.05, 0) is 36.6 Å². The van der Waals surface area contributed by atoms with Crippen molar-refractivity contribution in [2.75, 3.05) is 18.7 Å². The molecular weight excluding hydrogens is 316 g/mol. The molecule has 1 heterocycles. The predicted octanol–water partition coefficient (Wildman–Crippen LogP) is 2.96. The molecule has 118 valence electrons. The first-order valence-corrected chi connectivity index (χ1v) is 7.71. The summed E-state index contributed by atoms with van der Waals surface area (Å²) in [5.74, 6) is 0.286. The smallest absolute Gasteiger partial charge is 0.291 e. The van der Waals surface area contributed by atoms with Gasteiger partial charge in [0.2, 0.25) is 0 Å². The molecule has 23 heavy (non-hydrogen) atoms. The van der Waals surface area contributed by atoms with Gasteiger partial charge in [0, 0.05) is 0 Å². The molecular formula is C15H14N4O3S. The third kappa shape index (κ3) is 4.28. The lowest BCUT2D eigenvalue weighted by molar-refractivity contribution is 0.0996. The summed E-state index contributed by atoms with van der Waals surface area (Å²) in [6, 6.07) is 8.24. The number of carbonyl (C=O) groups is 1. The average Bonchev–Trinajstić information content (AvgIpc) is 3.09. The van der Waals surface area contributed by atoms with Gasteiger partial charge in [0.05, 0.1) is 24.7 Å². The molecule has 0 fully saturated rings. The molecule has 0 aliphatic heterocycles. The van der Waals surface area contributed by atoms with Gasteiger partial charge in [-0.3, -0.25) is 10.1 Å². The van der Waals surface area contributed by atoms with Crippen LogP contribution < -0.4 is 15.4 Å². The summed E-state index contributed by atoms with van der Waals surface area (Å²) in [7, 11) is 1.51. The van der Waals surface area contributed by atoms with Crippen molar-refractivity contribution in [1.82, 2.24) is 5.32 Å². The summed E-state index contributed by atoms with van der Waals surface area (Å²) in [5.41, 5.74) is 1.01. The first-order chi connectivity index (χ1) is 11.2. The first-order valence-electron chi connectivity index (χ1n) is 6.48. The van der Waals surface area contributed by atoms with Crippen molar-refractivity contribution in [3.8, 4) is 11.9 Å². The molecule has 7 nitrogen and oxygen atoms in total. The van der Waals surface area contributed by atoms with Crippen LogP contribution in [-0.2, 0) is 0 Å². The van der Waals surface area contributed by atoms with Crippen LogP contribution in [0.5, 0.6) is 5.75 Å². The molecule has 0 radical (unpaired) electrons. The number of methoxy groups -OCH3 is 1. The van der Waals surface area contributed by atoms with E-state index in [1.165, 1.54) is 25.1 Å². The van der Waals surface area contributed by atoms with Crippen molar-refractivity contribution >= 4 is 34.2 Å². The van der Waals surface area contributed by atoms with Crippen LogP contribution in [0.15, 0.2) is 46.0 Å². The largest absolute Gasteiger partial charge is 0.495 e. The molecule has 0 aliphatic carbocycles.